The zero-order valence-corrected chi connectivity index (χ0v) is 11.7. The minimum Gasteiger partial charge on any atom is -0.484 e. The van der Waals surface area contributed by atoms with Crippen LogP contribution in [0, 0.1) is 11.3 Å². The Morgan fingerprint density at radius 2 is 2.00 bits per heavy atom. The van der Waals surface area contributed by atoms with Crippen LogP contribution in [0.4, 0.5) is 11.4 Å². The van der Waals surface area contributed by atoms with Gasteiger partial charge in [0.25, 0.3) is 5.91 Å². The number of rotatable bonds is 4. The lowest BCUT2D eigenvalue weighted by atomic mass is 10.2. The number of benzene rings is 2. The highest BCUT2D eigenvalue weighted by atomic mass is 35.5. The Balaban J connectivity index is 1.92. The molecule has 0 aliphatic heterocycles. The zero-order chi connectivity index (χ0) is 15.2. The minimum absolute atomic E-state index is 0.169. The van der Waals surface area contributed by atoms with Crippen molar-refractivity contribution in [1.29, 1.82) is 5.26 Å². The maximum Gasteiger partial charge on any atom is 0.262 e. The first-order chi connectivity index (χ1) is 10.1. The van der Waals surface area contributed by atoms with Gasteiger partial charge in [-0.1, -0.05) is 11.6 Å². The fourth-order valence-electron chi connectivity index (χ4n) is 1.60. The molecule has 0 saturated heterocycles. The van der Waals surface area contributed by atoms with Crippen molar-refractivity contribution in [3.05, 3.63) is 53.1 Å². The second kappa shape index (κ2) is 6.64. The highest BCUT2D eigenvalue weighted by Gasteiger charge is 2.07. The molecular formula is C15H12ClN3O2. The van der Waals surface area contributed by atoms with E-state index in [1.54, 1.807) is 42.5 Å². The summed E-state index contributed by atoms with van der Waals surface area (Å²) in [4.78, 5) is 11.8. The predicted molar refractivity (Wildman–Crippen MR) is 81.1 cm³/mol. The van der Waals surface area contributed by atoms with Crippen molar-refractivity contribution in [3.63, 3.8) is 0 Å². The number of nitriles is 1. The zero-order valence-electron chi connectivity index (χ0n) is 11.0. The average molecular weight is 302 g/mol. The number of hydrogen-bond acceptors (Lipinski definition) is 4. The standard InChI is InChI=1S/C15H12ClN3O2/c16-11-3-6-13(18)14(7-11)19-15(20)9-21-12-4-1-10(8-17)2-5-12/h1-7H,9,18H2,(H,19,20). The number of halogens is 1. The Bertz CT molecular complexity index is 693. The van der Waals surface area contributed by atoms with Crippen molar-refractivity contribution >= 4 is 28.9 Å². The van der Waals surface area contributed by atoms with E-state index in [0.29, 0.717) is 27.7 Å². The summed E-state index contributed by atoms with van der Waals surface area (Å²) in [5, 5.41) is 11.8. The molecule has 2 rings (SSSR count). The van der Waals surface area contributed by atoms with Crippen LogP contribution in [-0.2, 0) is 4.79 Å². The monoisotopic (exact) mass is 301 g/mol. The van der Waals surface area contributed by atoms with Crippen molar-refractivity contribution in [1.82, 2.24) is 0 Å². The van der Waals surface area contributed by atoms with Gasteiger partial charge < -0.3 is 15.8 Å². The Kier molecular flexibility index (Phi) is 4.64. The molecule has 106 valence electrons. The predicted octanol–water partition coefficient (Wildman–Crippen LogP) is 2.81. The van der Waals surface area contributed by atoms with E-state index in [9.17, 15) is 4.79 Å². The van der Waals surface area contributed by atoms with Crippen LogP contribution in [0.3, 0.4) is 0 Å². The van der Waals surface area contributed by atoms with Crippen molar-refractivity contribution in [2.75, 3.05) is 17.7 Å². The summed E-state index contributed by atoms with van der Waals surface area (Å²) < 4.78 is 5.31. The largest absolute Gasteiger partial charge is 0.484 e. The number of nitrogens with zero attached hydrogens (tertiary/aromatic N) is 1. The van der Waals surface area contributed by atoms with Crippen LogP contribution in [0.15, 0.2) is 42.5 Å². The van der Waals surface area contributed by atoms with Gasteiger partial charge in [0.05, 0.1) is 23.0 Å². The Morgan fingerprint density at radius 3 is 2.67 bits per heavy atom. The van der Waals surface area contributed by atoms with Gasteiger partial charge in [0.2, 0.25) is 0 Å². The fraction of sp³-hybridized carbons (Fsp3) is 0.0667. The molecule has 0 aromatic heterocycles. The summed E-state index contributed by atoms with van der Waals surface area (Å²) in [6.07, 6.45) is 0. The molecule has 0 unspecified atom stereocenters. The summed E-state index contributed by atoms with van der Waals surface area (Å²) in [5.41, 5.74) is 7.12. The molecule has 0 aliphatic rings. The highest BCUT2D eigenvalue weighted by molar-refractivity contribution is 6.31. The Morgan fingerprint density at radius 1 is 1.29 bits per heavy atom. The SMILES string of the molecule is N#Cc1ccc(OCC(=O)Nc2cc(Cl)ccc2N)cc1. The van der Waals surface area contributed by atoms with Crippen molar-refractivity contribution in [2.24, 2.45) is 0 Å². The van der Waals surface area contributed by atoms with E-state index in [2.05, 4.69) is 5.32 Å². The molecule has 3 N–H and O–H groups in total. The third kappa shape index (κ3) is 4.13. The summed E-state index contributed by atoms with van der Waals surface area (Å²) >= 11 is 5.84. The summed E-state index contributed by atoms with van der Waals surface area (Å²) in [6, 6.07) is 13.3. The molecule has 6 heteroatoms. The molecule has 0 atom stereocenters. The van der Waals surface area contributed by atoms with Gasteiger partial charge in [-0.2, -0.15) is 5.26 Å². The molecule has 0 fully saturated rings. The highest BCUT2D eigenvalue weighted by Crippen LogP contribution is 2.22. The van der Waals surface area contributed by atoms with E-state index in [-0.39, 0.29) is 12.5 Å². The van der Waals surface area contributed by atoms with Gasteiger partial charge in [-0.3, -0.25) is 4.79 Å². The molecular weight excluding hydrogens is 290 g/mol. The van der Waals surface area contributed by atoms with Crippen LogP contribution in [0.25, 0.3) is 0 Å². The third-order valence-corrected chi connectivity index (χ3v) is 2.88. The van der Waals surface area contributed by atoms with Gasteiger partial charge in [-0.05, 0) is 42.5 Å². The average Bonchev–Trinajstić information content (AvgIpc) is 2.49. The second-order valence-corrected chi connectivity index (χ2v) is 4.64. The second-order valence-electron chi connectivity index (χ2n) is 4.20. The smallest absolute Gasteiger partial charge is 0.262 e. The normalized spacial score (nSPS) is 9.71. The van der Waals surface area contributed by atoms with Gasteiger partial charge in [-0.15, -0.1) is 0 Å². The van der Waals surface area contributed by atoms with Gasteiger partial charge in [-0.25, -0.2) is 0 Å². The number of anilines is 2. The number of amides is 1. The molecule has 1 amide bonds. The first-order valence-corrected chi connectivity index (χ1v) is 6.44. The maximum absolute atomic E-state index is 11.8. The molecule has 0 spiro atoms. The topological polar surface area (TPSA) is 88.1 Å². The number of nitrogens with two attached hydrogens (primary N) is 1. The molecule has 5 nitrogen and oxygen atoms in total. The van der Waals surface area contributed by atoms with Crippen molar-refractivity contribution < 1.29 is 9.53 Å². The van der Waals surface area contributed by atoms with Crippen LogP contribution < -0.4 is 15.8 Å². The quantitative estimate of drug-likeness (QED) is 0.850. The van der Waals surface area contributed by atoms with E-state index < -0.39 is 0 Å². The molecule has 2 aromatic rings. The molecule has 0 saturated carbocycles. The van der Waals surface area contributed by atoms with Crippen LogP contribution in [0.5, 0.6) is 5.75 Å². The van der Waals surface area contributed by atoms with E-state index >= 15 is 0 Å². The molecule has 0 heterocycles. The van der Waals surface area contributed by atoms with Crippen LogP contribution in [0.1, 0.15) is 5.56 Å². The number of hydrogen-bond donors (Lipinski definition) is 2. The number of ether oxygens (including phenoxy) is 1. The molecule has 0 bridgehead atoms. The third-order valence-electron chi connectivity index (χ3n) is 2.64. The minimum atomic E-state index is -0.353. The number of nitrogen functional groups attached to an aromatic ring is 1. The lowest BCUT2D eigenvalue weighted by Crippen LogP contribution is -2.20. The first kappa shape index (κ1) is 14.7. The molecule has 0 aliphatic carbocycles. The molecule has 0 radical (unpaired) electrons. The number of carbonyl (C=O) groups is 1. The van der Waals surface area contributed by atoms with Gasteiger partial charge >= 0.3 is 0 Å². The number of nitrogens with one attached hydrogen (secondary N) is 1. The summed E-state index contributed by atoms with van der Waals surface area (Å²) in [5.74, 6) is 0.150. The summed E-state index contributed by atoms with van der Waals surface area (Å²) in [7, 11) is 0. The summed E-state index contributed by atoms with van der Waals surface area (Å²) in [6.45, 7) is -0.169. The Labute approximate surface area is 126 Å². The molecule has 21 heavy (non-hydrogen) atoms. The Hall–Kier alpha value is -2.71. The van der Waals surface area contributed by atoms with E-state index in [1.165, 1.54) is 0 Å². The van der Waals surface area contributed by atoms with Crippen LogP contribution >= 0.6 is 11.6 Å². The number of carbonyl (C=O) groups excluding carboxylic acids is 1. The maximum atomic E-state index is 11.8. The van der Waals surface area contributed by atoms with E-state index in [0.717, 1.165) is 0 Å². The van der Waals surface area contributed by atoms with Crippen molar-refractivity contribution in [3.8, 4) is 11.8 Å². The van der Waals surface area contributed by atoms with Crippen molar-refractivity contribution in [2.45, 2.75) is 0 Å². The lowest BCUT2D eigenvalue weighted by Gasteiger charge is -2.09. The van der Waals surface area contributed by atoms with E-state index in [4.69, 9.17) is 27.3 Å². The van der Waals surface area contributed by atoms with Gasteiger partial charge in [0.1, 0.15) is 5.75 Å². The molecule has 2 aromatic carbocycles. The first-order valence-electron chi connectivity index (χ1n) is 6.06. The van der Waals surface area contributed by atoms with Crippen LogP contribution in [-0.4, -0.2) is 12.5 Å². The fourth-order valence-corrected chi connectivity index (χ4v) is 1.77. The van der Waals surface area contributed by atoms with Gasteiger partial charge in [0, 0.05) is 5.02 Å². The van der Waals surface area contributed by atoms with Crippen LogP contribution in [0.2, 0.25) is 5.02 Å². The lowest BCUT2D eigenvalue weighted by molar-refractivity contribution is -0.118. The van der Waals surface area contributed by atoms with E-state index in [1.807, 2.05) is 6.07 Å². The van der Waals surface area contributed by atoms with Gasteiger partial charge in [0.15, 0.2) is 6.61 Å².